The van der Waals surface area contributed by atoms with Crippen LogP contribution in [0.1, 0.15) is 5.56 Å². The van der Waals surface area contributed by atoms with E-state index in [-0.39, 0.29) is 17.9 Å². The second-order valence-corrected chi connectivity index (χ2v) is 7.95. The van der Waals surface area contributed by atoms with Gasteiger partial charge in [0.05, 0.1) is 11.8 Å². The van der Waals surface area contributed by atoms with Crippen LogP contribution >= 0.6 is 11.6 Å². The summed E-state index contributed by atoms with van der Waals surface area (Å²) in [4.78, 5) is 26.8. The molecule has 32 heavy (non-hydrogen) atoms. The molecule has 0 aliphatic heterocycles. The number of aromatic nitrogens is 2. The van der Waals surface area contributed by atoms with Crippen molar-refractivity contribution in [3.05, 3.63) is 112 Å². The average molecular weight is 440 g/mol. The molecule has 0 saturated carbocycles. The van der Waals surface area contributed by atoms with E-state index in [1.165, 1.54) is 0 Å². The minimum atomic E-state index is -0.384. The highest BCUT2D eigenvalue weighted by Crippen LogP contribution is 2.25. The van der Waals surface area contributed by atoms with Gasteiger partial charge in [-0.25, -0.2) is 5.43 Å². The molecule has 0 atom stereocenters. The summed E-state index contributed by atoms with van der Waals surface area (Å²) < 4.78 is 0. The van der Waals surface area contributed by atoms with E-state index in [2.05, 4.69) is 10.5 Å². The van der Waals surface area contributed by atoms with Gasteiger partial charge in [0, 0.05) is 16.0 Å². The van der Waals surface area contributed by atoms with E-state index in [9.17, 15) is 9.59 Å². The van der Waals surface area contributed by atoms with Crippen LogP contribution < -0.4 is 11.0 Å². The highest BCUT2D eigenvalue weighted by atomic mass is 35.5. The first-order valence-electron chi connectivity index (χ1n) is 10.1. The Bertz CT molecular complexity index is 1520. The molecule has 1 heterocycles. The lowest BCUT2D eigenvalue weighted by atomic mass is 10.0. The fraction of sp³-hybridized carbons (Fsp3) is 0.0385. The SMILES string of the molecule is O=C(Cc1ccc2ccccc2c1)Nn1nc(-c2ccc(Cl)cc2)c2ccccc2c1=O. The van der Waals surface area contributed by atoms with Crippen molar-refractivity contribution < 1.29 is 4.79 Å². The summed E-state index contributed by atoms with van der Waals surface area (Å²) in [5, 5.41) is 8.41. The maximum Gasteiger partial charge on any atom is 0.294 e. The van der Waals surface area contributed by atoms with E-state index in [1.807, 2.05) is 66.7 Å². The van der Waals surface area contributed by atoms with Gasteiger partial charge in [0.15, 0.2) is 0 Å². The normalized spacial score (nSPS) is 11.0. The maximum atomic E-state index is 13.0. The Morgan fingerprint density at radius 1 is 0.844 bits per heavy atom. The van der Waals surface area contributed by atoms with Gasteiger partial charge in [-0.15, -0.1) is 9.89 Å². The zero-order valence-electron chi connectivity index (χ0n) is 17.0. The Morgan fingerprint density at radius 3 is 2.31 bits per heavy atom. The molecule has 0 aliphatic rings. The Balaban J connectivity index is 1.50. The average Bonchev–Trinajstić information content (AvgIpc) is 2.81. The van der Waals surface area contributed by atoms with Gasteiger partial charge >= 0.3 is 0 Å². The number of benzene rings is 4. The molecule has 0 bridgehead atoms. The van der Waals surface area contributed by atoms with Crippen molar-refractivity contribution in [2.75, 3.05) is 5.43 Å². The third-order valence-corrected chi connectivity index (χ3v) is 5.58. The van der Waals surface area contributed by atoms with Gasteiger partial charge in [0.2, 0.25) is 5.91 Å². The summed E-state index contributed by atoms with van der Waals surface area (Å²) >= 11 is 6.02. The third-order valence-electron chi connectivity index (χ3n) is 5.33. The second-order valence-electron chi connectivity index (χ2n) is 7.51. The molecular formula is C26H18ClN3O2. The van der Waals surface area contributed by atoms with Gasteiger partial charge in [0.1, 0.15) is 5.69 Å². The van der Waals surface area contributed by atoms with Crippen LogP contribution in [0.4, 0.5) is 0 Å². The molecule has 4 aromatic carbocycles. The van der Waals surface area contributed by atoms with Crippen LogP contribution in [-0.2, 0) is 11.2 Å². The Morgan fingerprint density at radius 2 is 1.53 bits per heavy atom. The molecule has 1 amide bonds. The van der Waals surface area contributed by atoms with Crippen molar-refractivity contribution in [1.29, 1.82) is 0 Å². The highest BCUT2D eigenvalue weighted by molar-refractivity contribution is 6.30. The van der Waals surface area contributed by atoms with Crippen LogP contribution in [0, 0.1) is 0 Å². The predicted octanol–water partition coefficient (Wildman–Crippen LogP) is 5.18. The second kappa shape index (κ2) is 8.29. The molecule has 5 rings (SSSR count). The van der Waals surface area contributed by atoms with E-state index < -0.39 is 0 Å². The Hall–Kier alpha value is -3.96. The molecule has 0 aliphatic carbocycles. The smallest absolute Gasteiger partial charge is 0.273 e. The number of carbonyl (C=O) groups is 1. The summed E-state index contributed by atoms with van der Waals surface area (Å²) in [7, 11) is 0. The van der Waals surface area contributed by atoms with Crippen molar-refractivity contribution in [3.63, 3.8) is 0 Å². The number of hydrogen-bond donors (Lipinski definition) is 1. The minimum Gasteiger partial charge on any atom is -0.273 e. The number of nitrogens with zero attached hydrogens (tertiary/aromatic N) is 2. The van der Waals surface area contributed by atoms with Crippen LogP contribution in [0.5, 0.6) is 0 Å². The molecular weight excluding hydrogens is 422 g/mol. The summed E-state index contributed by atoms with van der Waals surface area (Å²) in [6.45, 7) is 0. The topological polar surface area (TPSA) is 64.0 Å². The molecule has 0 saturated heterocycles. The number of hydrogen-bond acceptors (Lipinski definition) is 3. The Kier molecular flexibility index (Phi) is 5.17. The van der Waals surface area contributed by atoms with Crippen LogP contribution in [0.3, 0.4) is 0 Å². The molecule has 6 heteroatoms. The first kappa shape index (κ1) is 20.0. The van der Waals surface area contributed by atoms with Gasteiger partial charge in [0.25, 0.3) is 5.56 Å². The van der Waals surface area contributed by atoms with Gasteiger partial charge in [-0.05, 0) is 34.5 Å². The highest BCUT2D eigenvalue weighted by Gasteiger charge is 2.14. The maximum absolute atomic E-state index is 13.0. The summed E-state index contributed by atoms with van der Waals surface area (Å²) in [5.41, 5.74) is 4.50. The molecule has 1 N–H and O–H groups in total. The molecule has 5 aromatic rings. The van der Waals surface area contributed by atoms with Gasteiger partial charge in [-0.2, -0.15) is 0 Å². The van der Waals surface area contributed by atoms with E-state index in [0.717, 1.165) is 26.7 Å². The lowest BCUT2D eigenvalue weighted by Crippen LogP contribution is -2.36. The predicted molar refractivity (Wildman–Crippen MR) is 128 cm³/mol. The quantitative estimate of drug-likeness (QED) is 0.419. The summed E-state index contributed by atoms with van der Waals surface area (Å²) in [5.74, 6) is -0.327. The first-order chi connectivity index (χ1) is 15.6. The van der Waals surface area contributed by atoms with Gasteiger partial charge in [-0.1, -0.05) is 84.4 Å². The molecule has 0 spiro atoms. The Labute approximate surface area is 188 Å². The molecule has 156 valence electrons. The summed E-state index contributed by atoms with van der Waals surface area (Å²) in [6, 6.07) is 28.3. The van der Waals surface area contributed by atoms with E-state index in [0.29, 0.717) is 21.5 Å². The summed E-state index contributed by atoms with van der Waals surface area (Å²) in [6.07, 6.45) is 0.127. The number of amides is 1. The van der Waals surface area contributed by atoms with E-state index in [1.54, 1.807) is 24.3 Å². The molecule has 0 radical (unpaired) electrons. The van der Waals surface area contributed by atoms with E-state index >= 15 is 0 Å². The minimum absolute atomic E-state index is 0.127. The number of fused-ring (bicyclic) bond motifs is 2. The first-order valence-corrected chi connectivity index (χ1v) is 10.5. The van der Waals surface area contributed by atoms with Crippen LogP contribution in [0.2, 0.25) is 5.02 Å². The fourth-order valence-corrected chi connectivity index (χ4v) is 3.90. The zero-order valence-corrected chi connectivity index (χ0v) is 17.7. The number of halogens is 1. The van der Waals surface area contributed by atoms with Crippen molar-refractivity contribution in [1.82, 2.24) is 9.89 Å². The van der Waals surface area contributed by atoms with Gasteiger partial charge in [-0.3, -0.25) is 9.59 Å². The van der Waals surface area contributed by atoms with Crippen molar-refractivity contribution in [2.24, 2.45) is 0 Å². The van der Waals surface area contributed by atoms with Crippen molar-refractivity contribution in [2.45, 2.75) is 6.42 Å². The zero-order chi connectivity index (χ0) is 22.1. The number of rotatable bonds is 4. The van der Waals surface area contributed by atoms with Gasteiger partial charge < -0.3 is 0 Å². The molecule has 0 fully saturated rings. The number of carbonyl (C=O) groups excluding carboxylic acids is 1. The van der Waals surface area contributed by atoms with E-state index in [4.69, 9.17) is 11.6 Å². The standard InChI is InChI=1S/C26H18ClN3O2/c27-21-13-11-19(12-14-21)25-22-7-3-4-8-23(22)26(32)30(29-25)28-24(31)16-17-9-10-18-5-1-2-6-20(18)15-17/h1-15H,16H2,(H,28,31). The largest absolute Gasteiger partial charge is 0.294 e. The van der Waals surface area contributed by atoms with Crippen molar-refractivity contribution in [3.8, 4) is 11.3 Å². The third kappa shape index (κ3) is 3.86. The van der Waals surface area contributed by atoms with Crippen LogP contribution in [0.25, 0.3) is 32.8 Å². The molecule has 1 aromatic heterocycles. The molecule has 5 nitrogen and oxygen atoms in total. The van der Waals surface area contributed by atoms with Crippen molar-refractivity contribution >= 4 is 39.1 Å². The fourth-order valence-electron chi connectivity index (χ4n) is 3.78. The number of nitrogens with one attached hydrogen (secondary N) is 1. The lowest BCUT2D eigenvalue weighted by Gasteiger charge is -2.12. The monoisotopic (exact) mass is 439 g/mol. The van der Waals surface area contributed by atoms with Crippen LogP contribution in [-0.4, -0.2) is 15.8 Å². The lowest BCUT2D eigenvalue weighted by molar-refractivity contribution is -0.116. The van der Waals surface area contributed by atoms with Crippen LogP contribution in [0.15, 0.2) is 95.8 Å². The molecule has 0 unspecified atom stereocenters.